The molecule has 2 aromatic rings. The average Bonchev–Trinajstić information content (AvgIpc) is 2.49. The van der Waals surface area contributed by atoms with Gasteiger partial charge < -0.3 is 10.1 Å². The number of nitrogens with zero attached hydrogens (tertiary/aromatic N) is 1. The molecule has 1 N–H and O–H groups in total. The van der Waals surface area contributed by atoms with Crippen LogP contribution < -0.4 is 10.1 Å². The molecule has 1 aromatic carbocycles. The van der Waals surface area contributed by atoms with Gasteiger partial charge >= 0.3 is 0 Å². The van der Waals surface area contributed by atoms with Gasteiger partial charge in [0.2, 0.25) is 5.91 Å². The summed E-state index contributed by atoms with van der Waals surface area (Å²) in [7, 11) is 1.64. The molecule has 4 nitrogen and oxygen atoms in total. The van der Waals surface area contributed by atoms with Crippen LogP contribution in [0.2, 0.25) is 0 Å². The lowest BCUT2D eigenvalue weighted by molar-refractivity contribution is -0.116. The normalized spacial score (nSPS) is 10.4. The Balaban J connectivity index is 1.95. The molecule has 116 valence electrons. The highest BCUT2D eigenvalue weighted by atomic mass is 16.5. The molecule has 0 aliphatic carbocycles. The van der Waals surface area contributed by atoms with Crippen LogP contribution in [0.5, 0.6) is 5.75 Å². The number of hydrogen-bond acceptors (Lipinski definition) is 3. The highest BCUT2D eigenvalue weighted by Crippen LogP contribution is 2.20. The van der Waals surface area contributed by atoms with Crippen LogP contribution in [0.1, 0.15) is 28.9 Å². The fourth-order valence-electron chi connectivity index (χ4n) is 2.46. The second kappa shape index (κ2) is 7.07. The number of anilines is 1. The number of carbonyl (C=O) groups excluding carboxylic acids is 1. The molecule has 0 saturated carbocycles. The second-order valence-corrected chi connectivity index (χ2v) is 5.44. The molecule has 0 bridgehead atoms. The summed E-state index contributed by atoms with van der Waals surface area (Å²) in [6.07, 6.45) is 1.15. The molecule has 0 aliphatic heterocycles. The molecule has 4 heteroatoms. The van der Waals surface area contributed by atoms with Crippen LogP contribution in [0.25, 0.3) is 0 Å². The van der Waals surface area contributed by atoms with Gasteiger partial charge in [-0.3, -0.25) is 9.78 Å². The SMILES string of the molecule is COc1ccc(CCC(=O)Nc2c(C)cc(C)nc2C)cc1. The molecule has 0 atom stereocenters. The van der Waals surface area contributed by atoms with Crippen molar-refractivity contribution in [2.45, 2.75) is 33.6 Å². The third-order valence-corrected chi connectivity index (χ3v) is 3.59. The van der Waals surface area contributed by atoms with Crippen molar-refractivity contribution in [2.75, 3.05) is 12.4 Å². The van der Waals surface area contributed by atoms with Crippen molar-refractivity contribution in [1.82, 2.24) is 4.98 Å². The van der Waals surface area contributed by atoms with E-state index in [1.165, 1.54) is 0 Å². The van der Waals surface area contributed by atoms with Crippen molar-refractivity contribution < 1.29 is 9.53 Å². The fourth-order valence-corrected chi connectivity index (χ4v) is 2.46. The zero-order valence-corrected chi connectivity index (χ0v) is 13.6. The first kappa shape index (κ1) is 16.0. The molecular formula is C18H22N2O2. The minimum Gasteiger partial charge on any atom is -0.497 e. The van der Waals surface area contributed by atoms with E-state index in [0.717, 1.165) is 34.0 Å². The van der Waals surface area contributed by atoms with Gasteiger partial charge in [0, 0.05) is 12.1 Å². The molecule has 0 spiro atoms. The highest BCUT2D eigenvalue weighted by molar-refractivity contribution is 5.92. The van der Waals surface area contributed by atoms with E-state index in [4.69, 9.17) is 4.74 Å². The van der Waals surface area contributed by atoms with Crippen molar-refractivity contribution in [2.24, 2.45) is 0 Å². The van der Waals surface area contributed by atoms with Crippen molar-refractivity contribution in [3.05, 3.63) is 52.8 Å². The standard InChI is InChI=1S/C18H22N2O2/c1-12-11-13(2)19-14(3)18(12)20-17(21)10-7-15-5-8-16(22-4)9-6-15/h5-6,8-9,11H,7,10H2,1-4H3,(H,20,21). The molecule has 0 unspecified atom stereocenters. The summed E-state index contributed by atoms with van der Waals surface area (Å²) in [5.41, 5.74) is 4.81. The van der Waals surface area contributed by atoms with Gasteiger partial charge in [-0.05, 0) is 56.5 Å². The summed E-state index contributed by atoms with van der Waals surface area (Å²) in [6, 6.07) is 9.76. The lowest BCUT2D eigenvalue weighted by atomic mass is 10.1. The lowest BCUT2D eigenvalue weighted by Crippen LogP contribution is -2.15. The number of methoxy groups -OCH3 is 1. The van der Waals surface area contributed by atoms with E-state index in [1.807, 2.05) is 51.1 Å². The molecular weight excluding hydrogens is 276 g/mol. The van der Waals surface area contributed by atoms with Crippen LogP contribution in [0.3, 0.4) is 0 Å². The Morgan fingerprint density at radius 3 is 2.45 bits per heavy atom. The number of aryl methyl sites for hydroxylation is 4. The van der Waals surface area contributed by atoms with E-state index >= 15 is 0 Å². The van der Waals surface area contributed by atoms with Gasteiger partial charge in [-0.25, -0.2) is 0 Å². The van der Waals surface area contributed by atoms with Crippen LogP contribution in [0, 0.1) is 20.8 Å². The van der Waals surface area contributed by atoms with Crippen molar-refractivity contribution in [1.29, 1.82) is 0 Å². The summed E-state index contributed by atoms with van der Waals surface area (Å²) in [6.45, 7) is 5.86. The predicted octanol–water partition coefficient (Wildman–Crippen LogP) is 3.59. The predicted molar refractivity (Wildman–Crippen MR) is 88.4 cm³/mol. The molecule has 1 amide bonds. The number of hydrogen-bond donors (Lipinski definition) is 1. The van der Waals surface area contributed by atoms with Gasteiger partial charge in [0.05, 0.1) is 18.5 Å². The van der Waals surface area contributed by atoms with Gasteiger partial charge in [0.15, 0.2) is 0 Å². The Labute approximate surface area is 131 Å². The quantitative estimate of drug-likeness (QED) is 0.917. The molecule has 0 aliphatic rings. The maximum Gasteiger partial charge on any atom is 0.224 e. The number of ether oxygens (including phenoxy) is 1. The molecule has 1 heterocycles. The number of carbonyl (C=O) groups is 1. The number of aromatic nitrogens is 1. The highest BCUT2D eigenvalue weighted by Gasteiger charge is 2.09. The van der Waals surface area contributed by atoms with E-state index in [1.54, 1.807) is 7.11 Å². The van der Waals surface area contributed by atoms with E-state index in [-0.39, 0.29) is 5.91 Å². The number of rotatable bonds is 5. The monoisotopic (exact) mass is 298 g/mol. The smallest absolute Gasteiger partial charge is 0.224 e. The Morgan fingerprint density at radius 1 is 1.18 bits per heavy atom. The van der Waals surface area contributed by atoms with Crippen LogP contribution in [0.4, 0.5) is 5.69 Å². The third kappa shape index (κ3) is 4.07. The molecule has 0 radical (unpaired) electrons. The van der Waals surface area contributed by atoms with Gasteiger partial charge in [0.25, 0.3) is 0 Å². The summed E-state index contributed by atoms with van der Waals surface area (Å²) in [5.74, 6) is 0.831. The topological polar surface area (TPSA) is 51.2 Å². The lowest BCUT2D eigenvalue weighted by Gasteiger charge is -2.12. The largest absolute Gasteiger partial charge is 0.497 e. The van der Waals surface area contributed by atoms with Crippen LogP contribution in [-0.4, -0.2) is 18.0 Å². The molecule has 1 aromatic heterocycles. The maximum absolute atomic E-state index is 12.1. The third-order valence-electron chi connectivity index (χ3n) is 3.59. The molecule has 0 fully saturated rings. The summed E-state index contributed by atoms with van der Waals surface area (Å²) < 4.78 is 5.12. The minimum absolute atomic E-state index is 0.00710. The Kier molecular flexibility index (Phi) is 5.15. The number of benzene rings is 1. The van der Waals surface area contributed by atoms with E-state index < -0.39 is 0 Å². The van der Waals surface area contributed by atoms with E-state index in [0.29, 0.717) is 12.8 Å². The minimum atomic E-state index is 0.00710. The first-order chi connectivity index (χ1) is 10.5. The first-order valence-electron chi connectivity index (χ1n) is 7.37. The van der Waals surface area contributed by atoms with E-state index in [2.05, 4.69) is 10.3 Å². The van der Waals surface area contributed by atoms with Gasteiger partial charge in [-0.1, -0.05) is 12.1 Å². The van der Waals surface area contributed by atoms with Crippen molar-refractivity contribution in [3.63, 3.8) is 0 Å². The van der Waals surface area contributed by atoms with Gasteiger partial charge in [0.1, 0.15) is 5.75 Å². The summed E-state index contributed by atoms with van der Waals surface area (Å²) >= 11 is 0. The summed E-state index contributed by atoms with van der Waals surface area (Å²) in [4.78, 5) is 16.5. The van der Waals surface area contributed by atoms with E-state index in [9.17, 15) is 4.79 Å². The number of nitrogens with one attached hydrogen (secondary N) is 1. The van der Waals surface area contributed by atoms with Crippen LogP contribution in [0.15, 0.2) is 30.3 Å². The first-order valence-corrected chi connectivity index (χ1v) is 7.37. The Morgan fingerprint density at radius 2 is 1.86 bits per heavy atom. The fraction of sp³-hybridized carbons (Fsp3) is 0.333. The Hall–Kier alpha value is -2.36. The van der Waals surface area contributed by atoms with Crippen LogP contribution in [-0.2, 0) is 11.2 Å². The summed E-state index contributed by atoms with van der Waals surface area (Å²) in [5, 5.41) is 2.97. The molecule has 2 rings (SSSR count). The second-order valence-electron chi connectivity index (χ2n) is 5.44. The number of pyridine rings is 1. The number of amides is 1. The van der Waals surface area contributed by atoms with Crippen molar-refractivity contribution >= 4 is 11.6 Å². The zero-order chi connectivity index (χ0) is 16.1. The van der Waals surface area contributed by atoms with Gasteiger partial charge in [-0.2, -0.15) is 0 Å². The zero-order valence-electron chi connectivity index (χ0n) is 13.6. The molecule has 0 saturated heterocycles. The average molecular weight is 298 g/mol. The van der Waals surface area contributed by atoms with Crippen LogP contribution >= 0.6 is 0 Å². The Bertz CT molecular complexity index is 640. The van der Waals surface area contributed by atoms with Crippen molar-refractivity contribution in [3.8, 4) is 5.75 Å². The van der Waals surface area contributed by atoms with Gasteiger partial charge in [-0.15, -0.1) is 0 Å². The molecule has 22 heavy (non-hydrogen) atoms. The maximum atomic E-state index is 12.1.